The Balaban J connectivity index is 1.55. The number of thiazole rings is 1. The van der Waals surface area contributed by atoms with Crippen LogP contribution in [-0.4, -0.2) is 19.7 Å². The van der Waals surface area contributed by atoms with Gasteiger partial charge in [0.1, 0.15) is 0 Å². The molecular formula is C23H18N4S2. The number of fused-ring (bicyclic) bond motifs is 1. The lowest BCUT2D eigenvalue weighted by Crippen LogP contribution is -1.99. The second-order valence-electron chi connectivity index (χ2n) is 6.73. The minimum atomic E-state index is 0.753. The number of hydrogen-bond acceptors (Lipinski definition) is 5. The molecule has 0 aliphatic heterocycles. The fraction of sp³-hybridized carbons (Fsp3) is 0.0870. The van der Waals surface area contributed by atoms with Crippen LogP contribution in [0.25, 0.3) is 26.7 Å². The van der Waals surface area contributed by atoms with Gasteiger partial charge in [0.2, 0.25) is 10.3 Å². The van der Waals surface area contributed by atoms with Crippen LogP contribution in [0.5, 0.6) is 0 Å². The molecule has 5 aromatic rings. The van der Waals surface area contributed by atoms with Crippen LogP contribution in [-0.2, 0) is 5.75 Å². The van der Waals surface area contributed by atoms with Gasteiger partial charge < -0.3 is 0 Å². The highest BCUT2D eigenvalue weighted by atomic mass is 32.2. The van der Waals surface area contributed by atoms with E-state index >= 15 is 0 Å². The van der Waals surface area contributed by atoms with Crippen molar-refractivity contribution in [2.75, 3.05) is 0 Å². The highest BCUT2D eigenvalue weighted by Gasteiger charge is 2.17. The summed E-state index contributed by atoms with van der Waals surface area (Å²) in [6.45, 7) is 2.09. The zero-order valence-corrected chi connectivity index (χ0v) is 17.5. The smallest absolute Gasteiger partial charge is 0.213 e. The molecule has 0 aliphatic carbocycles. The number of benzene rings is 3. The third-order valence-electron chi connectivity index (χ3n) is 4.57. The molecule has 0 N–H and O–H groups in total. The molecule has 0 unspecified atom stereocenters. The lowest BCUT2D eigenvalue weighted by Gasteiger charge is -2.02. The van der Waals surface area contributed by atoms with Gasteiger partial charge in [-0.15, -0.1) is 5.10 Å². The highest BCUT2D eigenvalue weighted by Crippen LogP contribution is 2.30. The molecule has 3 aromatic carbocycles. The van der Waals surface area contributed by atoms with Gasteiger partial charge in [-0.1, -0.05) is 95.4 Å². The maximum absolute atomic E-state index is 4.85. The number of nitrogens with zero attached hydrogens (tertiary/aromatic N) is 4. The van der Waals surface area contributed by atoms with Crippen molar-refractivity contribution in [3.63, 3.8) is 0 Å². The summed E-state index contributed by atoms with van der Waals surface area (Å²) in [5.74, 6) is 1.65. The summed E-state index contributed by atoms with van der Waals surface area (Å²) >= 11 is 3.27. The minimum absolute atomic E-state index is 0.753. The summed E-state index contributed by atoms with van der Waals surface area (Å²) in [6.07, 6.45) is 0. The van der Waals surface area contributed by atoms with Crippen LogP contribution in [0.15, 0.2) is 84.0 Å². The van der Waals surface area contributed by atoms with Crippen LogP contribution < -0.4 is 0 Å². The number of aryl methyl sites for hydroxylation is 1. The van der Waals surface area contributed by atoms with Gasteiger partial charge in [0.25, 0.3) is 0 Å². The Kier molecular flexibility index (Phi) is 4.87. The zero-order valence-electron chi connectivity index (χ0n) is 15.8. The molecular weight excluding hydrogens is 396 g/mol. The lowest BCUT2D eigenvalue weighted by atomic mass is 10.1. The van der Waals surface area contributed by atoms with Crippen LogP contribution in [0.1, 0.15) is 11.1 Å². The number of thioether (sulfide) groups is 1. The van der Waals surface area contributed by atoms with Crippen molar-refractivity contribution in [1.82, 2.24) is 19.7 Å². The molecule has 2 heterocycles. The molecule has 6 heteroatoms. The Bertz CT molecular complexity index is 1220. The molecule has 4 nitrogen and oxygen atoms in total. The quantitative estimate of drug-likeness (QED) is 0.324. The largest absolute Gasteiger partial charge is 0.218 e. The summed E-state index contributed by atoms with van der Waals surface area (Å²) < 4.78 is 3.02. The number of aromatic nitrogens is 4. The first-order valence-electron chi connectivity index (χ1n) is 9.33. The molecule has 2 aromatic heterocycles. The average molecular weight is 415 g/mol. The summed E-state index contributed by atoms with van der Waals surface area (Å²) in [4.78, 5) is 9.64. The molecule has 0 saturated carbocycles. The maximum atomic E-state index is 4.85. The Morgan fingerprint density at radius 2 is 1.62 bits per heavy atom. The van der Waals surface area contributed by atoms with Gasteiger partial charge in [-0.05, 0) is 24.6 Å². The summed E-state index contributed by atoms with van der Waals surface area (Å²) in [7, 11) is 0. The third-order valence-corrected chi connectivity index (χ3v) is 6.49. The second kappa shape index (κ2) is 7.81. The molecule has 0 atom stereocenters. The normalized spacial score (nSPS) is 11.2. The predicted octanol–water partition coefficient (Wildman–Crippen LogP) is 6.14. The van der Waals surface area contributed by atoms with E-state index in [-0.39, 0.29) is 0 Å². The Morgan fingerprint density at radius 3 is 2.41 bits per heavy atom. The van der Waals surface area contributed by atoms with Crippen molar-refractivity contribution in [1.29, 1.82) is 0 Å². The number of para-hydroxylation sites is 1. The van der Waals surface area contributed by atoms with Gasteiger partial charge in [0, 0.05) is 11.3 Å². The van der Waals surface area contributed by atoms with Gasteiger partial charge in [0.05, 0.1) is 10.2 Å². The first-order chi connectivity index (χ1) is 14.3. The monoisotopic (exact) mass is 414 g/mol. The third kappa shape index (κ3) is 3.81. The van der Waals surface area contributed by atoms with Crippen molar-refractivity contribution in [3.05, 3.63) is 90.0 Å². The van der Waals surface area contributed by atoms with Crippen molar-refractivity contribution in [3.8, 4) is 16.5 Å². The van der Waals surface area contributed by atoms with Gasteiger partial charge in [0.15, 0.2) is 5.82 Å². The van der Waals surface area contributed by atoms with E-state index in [2.05, 4.69) is 61.5 Å². The van der Waals surface area contributed by atoms with E-state index in [4.69, 9.17) is 15.1 Å². The Morgan fingerprint density at radius 1 is 0.862 bits per heavy atom. The van der Waals surface area contributed by atoms with E-state index < -0.39 is 0 Å². The first-order valence-corrected chi connectivity index (χ1v) is 11.1. The average Bonchev–Trinajstić information content (AvgIpc) is 3.38. The van der Waals surface area contributed by atoms with E-state index in [1.165, 1.54) is 11.1 Å². The standard InChI is InChI=1S/C23H18N4S2/c1-16-11-13-18(14-12-16)21-25-22(28-15-17-7-3-2-4-8-17)26-27(21)23-24-19-9-5-6-10-20(19)29-23/h2-14H,15H2,1H3. The van der Waals surface area contributed by atoms with Crippen molar-refractivity contribution in [2.45, 2.75) is 17.8 Å². The first kappa shape index (κ1) is 18.1. The topological polar surface area (TPSA) is 43.6 Å². The van der Waals surface area contributed by atoms with Crippen LogP contribution in [0, 0.1) is 6.92 Å². The second-order valence-corrected chi connectivity index (χ2v) is 8.69. The van der Waals surface area contributed by atoms with Crippen molar-refractivity contribution < 1.29 is 0 Å². The fourth-order valence-corrected chi connectivity index (χ4v) is 4.75. The molecule has 0 saturated heterocycles. The predicted molar refractivity (Wildman–Crippen MR) is 121 cm³/mol. The van der Waals surface area contributed by atoms with Crippen molar-refractivity contribution in [2.24, 2.45) is 0 Å². The maximum Gasteiger partial charge on any atom is 0.213 e. The van der Waals surface area contributed by atoms with Gasteiger partial charge >= 0.3 is 0 Å². The van der Waals surface area contributed by atoms with E-state index in [0.717, 1.165) is 37.6 Å². The molecule has 142 valence electrons. The molecule has 0 radical (unpaired) electrons. The fourth-order valence-electron chi connectivity index (χ4n) is 3.05. The zero-order chi connectivity index (χ0) is 19.6. The van der Waals surface area contributed by atoms with Crippen LogP contribution in [0.4, 0.5) is 0 Å². The number of hydrogen-bond donors (Lipinski definition) is 0. The van der Waals surface area contributed by atoms with Gasteiger partial charge in [-0.25, -0.2) is 9.97 Å². The van der Waals surface area contributed by atoms with Crippen LogP contribution >= 0.6 is 23.1 Å². The highest BCUT2D eigenvalue weighted by molar-refractivity contribution is 7.98. The lowest BCUT2D eigenvalue weighted by molar-refractivity contribution is 0.833. The summed E-state index contributed by atoms with van der Waals surface area (Å²) in [6, 6.07) is 26.9. The van der Waals surface area contributed by atoms with E-state index in [1.54, 1.807) is 23.1 Å². The molecule has 0 aliphatic rings. The summed E-state index contributed by atoms with van der Waals surface area (Å²) in [5.41, 5.74) is 4.49. The minimum Gasteiger partial charge on any atom is -0.218 e. The molecule has 0 fully saturated rings. The SMILES string of the molecule is Cc1ccc(-c2nc(SCc3ccccc3)nn2-c2nc3ccccc3s2)cc1. The van der Waals surface area contributed by atoms with Gasteiger partial charge in [-0.3, -0.25) is 0 Å². The molecule has 0 spiro atoms. The van der Waals surface area contributed by atoms with Crippen molar-refractivity contribution >= 4 is 33.3 Å². The number of rotatable bonds is 5. The Labute approximate surface area is 177 Å². The molecule has 5 rings (SSSR count). The Hall–Kier alpha value is -2.96. The molecule has 29 heavy (non-hydrogen) atoms. The van der Waals surface area contributed by atoms with Crippen LogP contribution in [0.3, 0.4) is 0 Å². The summed E-state index contributed by atoms with van der Waals surface area (Å²) in [5, 5.41) is 6.39. The van der Waals surface area contributed by atoms with E-state index in [0.29, 0.717) is 0 Å². The van der Waals surface area contributed by atoms with Gasteiger partial charge in [-0.2, -0.15) is 4.68 Å². The molecule has 0 amide bonds. The van der Waals surface area contributed by atoms with E-state index in [1.807, 2.05) is 28.9 Å². The van der Waals surface area contributed by atoms with E-state index in [9.17, 15) is 0 Å². The van der Waals surface area contributed by atoms with Crippen LogP contribution in [0.2, 0.25) is 0 Å². The molecule has 0 bridgehead atoms.